The molecule has 0 heterocycles. The lowest BCUT2D eigenvalue weighted by Crippen LogP contribution is -2.34. The average molecular weight is 449 g/mol. The number of likely N-dealkylation sites (N-methyl/N-ethyl adjacent to an activating group) is 1. The number of carbonyl (C=O) groups is 1. The zero-order valence-corrected chi connectivity index (χ0v) is 17.3. The van der Waals surface area contributed by atoms with Crippen molar-refractivity contribution >= 4 is 44.0 Å². The summed E-state index contributed by atoms with van der Waals surface area (Å²) in [6, 6.07) is 16.7. The molecule has 142 valence electrons. The van der Waals surface area contributed by atoms with Gasteiger partial charge in [0.05, 0.1) is 0 Å². The SMILES string of the molecule is CN(CCNS(=O)(=O)C=Cc1ccccc1)C(=O)C=Cc1ccc(Br)cc1. The molecule has 0 aliphatic carbocycles. The number of nitrogens with zero attached hydrogens (tertiary/aromatic N) is 1. The van der Waals surface area contributed by atoms with E-state index < -0.39 is 10.0 Å². The van der Waals surface area contributed by atoms with Gasteiger partial charge in [-0.05, 0) is 35.4 Å². The third-order valence-electron chi connectivity index (χ3n) is 3.65. The second-order valence-corrected chi connectivity index (χ2v) is 8.36. The van der Waals surface area contributed by atoms with Gasteiger partial charge in [-0.3, -0.25) is 4.79 Å². The minimum Gasteiger partial charge on any atom is -0.341 e. The standard InChI is InChI=1S/C20H21BrN2O3S/c1-23(20(24)12-9-18-7-10-19(21)11-8-18)15-14-22-27(25,26)16-13-17-5-3-2-4-6-17/h2-13,16,22H,14-15H2,1H3. The first-order chi connectivity index (χ1) is 12.9. The zero-order chi connectivity index (χ0) is 19.7. The Balaban J connectivity index is 1.80. The summed E-state index contributed by atoms with van der Waals surface area (Å²) in [5, 5.41) is 1.12. The van der Waals surface area contributed by atoms with Crippen LogP contribution in [0.25, 0.3) is 12.2 Å². The fourth-order valence-corrected chi connectivity index (χ4v) is 3.19. The average Bonchev–Trinajstić information content (AvgIpc) is 2.66. The predicted molar refractivity (Wildman–Crippen MR) is 113 cm³/mol. The minimum atomic E-state index is -3.55. The molecule has 0 radical (unpaired) electrons. The van der Waals surface area contributed by atoms with Crippen LogP contribution < -0.4 is 4.72 Å². The van der Waals surface area contributed by atoms with E-state index in [0.717, 1.165) is 21.0 Å². The highest BCUT2D eigenvalue weighted by molar-refractivity contribution is 9.10. The van der Waals surface area contributed by atoms with Crippen molar-refractivity contribution in [2.75, 3.05) is 20.1 Å². The second kappa shape index (κ2) is 10.2. The van der Waals surface area contributed by atoms with E-state index in [1.54, 1.807) is 13.1 Å². The number of carbonyl (C=O) groups excluding carboxylic acids is 1. The van der Waals surface area contributed by atoms with Gasteiger partial charge in [0, 0.05) is 36.1 Å². The molecule has 1 N–H and O–H groups in total. The molecule has 0 fully saturated rings. The predicted octanol–water partition coefficient (Wildman–Crippen LogP) is 3.51. The van der Waals surface area contributed by atoms with Gasteiger partial charge in [-0.2, -0.15) is 0 Å². The van der Waals surface area contributed by atoms with Crippen molar-refractivity contribution in [3.8, 4) is 0 Å². The summed E-state index contributed by atoms with van der Waals surface area (Å²) in [6.07, 6.45) is 4.71. The number of nitrogens with one attached hydrogen (secondary N) is 1. The van der Waals surface area contributed by atoms with Crippen LogP contribution in [0.2, 0.25) is 0 Å². The van der Waals surface area contributed by atoms with Crippen molar-refractivity contribution in [3.05, 3.63) is 81.7 Å². The normalized spacial score (nSPS) is 11.9. The summed E-state index contributed by atoms with van der Waals surface area (Å²) in [5.41, 5.74) is 1.71. The Hall–Kier alpha value is -2.22. The molecule has 0 aromatic heterocycles. The van der Waals surface area contributed by atoms with Crippen LogP contribution >= 0.6 is 15.9 Å². The molecule has 0 unspecified atom stereocenters. The molecule has 2 aromatic carbocycles. The van der Waals surface area contributed by atoms with Gasteiger partial charge in [-0.25, -0.2) is 13.1 Å². The van der Waals surface area contributed by atoms with Gasteiger partial charge in [0.15, 0.2) is 0 Å². The Morgan fingerprint density at radius 3 is 2.33 bits per heavy atom. The summed E-state index contributed by atoms with van der Waals surface area (Å²) in [7, 11) is -1.92. The second-order valence-electron chi connectivity index (χ2n) is 5.80. The maximum Gasteiger partial charge on any atom is 0.246 e. The highest BCUT2D eigenvalue weighted by Crippen LogP contribution is 2.11. The molecule has 27 heavy (non-hydrogen) atoms. The molecular formula is C20H21BrN2O3S. The van der Waals surface area contributed by atoms with Gasteiger partial charge in [-0.1, -0.05) is 58.4 Å². The number of sulfonamides is 1. The summed E-state index contributed by atoms with van der Waals surface area (Å²) in [6.45, 7) is 0.401. The molecule has 2 rings (SSSR count). The lowest BCUT2D eigenvalue weighted by Gasteiger charge is -2.15. The molecule has 0 spiro atoms. The monoisotopic (exact) mass is 448 g/mol. The topological polar surface area (TPSA) is 66.5 Å². The Labute approximate surface area is 168 Å². The van der Waals surface area contributed by atoms with E-state index in [1.165, 1.54) is 17.1 Å². The first-order valence-electron chi connectivity index (χ1n) is 8.27. The third kappa shape index (κ3) is 7.90. The Morgan fingerprint density at radius 2 is 1.67 bits per heavy atom. The largest absolute Gasteiger partial charge is 0.341 e. The lowest BCUT2D eigenvalue weighted by molar-refractivity contribution is -0.124. The van der Waals surface area contributed by atoms with Gasteiger partial charge in [-0.15, -0.1) is 0 Å². The molecule has 0 atom stereocenters. The van der Waals surface area contributed by atoms with Crippen LogP contribution in [0.4, 0.5) is 0 Å². The molecule has 1 amide bonds. The van der Waals surface area contributed by atoms with Crippen LogP contribution in [0.3, 0.4) is 0 Å². The number of hydrogen-bond acceptors (Lipinski definition) is 3. The maximum absolute atomic E-state index is 12.1. The van der Waals surface area contributed by atoms with Crippen molar-refractivity contribution < 1.29 is 13.2 Å². The number of amides is 1. The molecule has 5 nitrogen and oxygen atoms in total. The van der Waals surface area contributed by atoms with Crippen LogP contribution in [0.5, 0.6) is 0 Å². The van der Waals surface area contributed by atoms with Crippen LogP contribution in [0.1, 0.15) is 11.1 Å². The number of benzene rings is 2. The van der Waals surface area contributed by atoms with Gasteiger partial charge in [0.1, 0.15) is 0 Å². The summed E-state index contributed by atoms with van der Waals surface area (Å²) < 4.78 is 27.4. The molecule has 0 saturated carbocycles. The van der Waals surface area contributed by atoms with E-state index in [9.17, 15) is 13.2 Å². The zero-order valence-electron chi connectivity index (χ0n) is 14.9. The molecule has 0 aliphatic rings. The molecule has 2 aromatic rings. The molecular weight excluding hydrogens is 428 g/mol. The highest BCUT2D eigenvalue weighted by atomic mass is 79.9. The van der Waals surface area contributed by atoms with Gasteiger partial charge in [0.25, 0.3) is 0 Å². The van der Waals surface area contributed by atoms with Crippen molar-refractivity contribution in [2.24, 2.45) is 0 Å². The van der Waals surface area contributed by atoms with E-state index in [2.05, 4.69) is 20.7 Å². The fourth-order valence-electron chi connectivity index (χ4n) is 2.11. The van der Waals surface area contributed by atoms with Crippen LogP contribution in [-0.4, -0.2) is 39.4 Å². The number of halogens is 1. The summed E-state index contributed by atoms with van der Waals surface area (Å²) in [4.78, 5) is 13.5. The quantitative estimate of drug-likeness (QED) is 0.628. The highest BCUT2D eigenvalue weighted by Gasteiger charge is 2.08. The van der Waals surface area contributed by atoms with Gasteiger partial charge >= 0.3 is 0 Å². The minimum absolute atomic E-state index is 0.135. The Kier molecular flexibility index (Phi) is 7.97. The van der Waals surface area contributed by atoms with Crippen molar-refractivity contribution in [1.29, 1.82) is 0 Å². The number of hydrogen-bond donors (Lipinski definition) is 1. The van der Waals surface area contributed by atoms with E-state index in [4.69, 9.17) is 0 Å². The molecule has 0 saturated heterocycles. The molecule has 0 bridgehead atoms. The first kappa shape index (κ1) is 21.1. The van der Waals surface area contributed by atoms with Crippen LogP contribution in [0.15, 0.2) is 70.6 Å². The summed E-state index contributed by atoms with van der Waals surface area (Å²) >= 11 is 3.36. The number of rotatable bonds is 8. The van der Waals surface area contributed by atoms with Gasteiger partial charge in [0.2, 0.25) is 15.9 Å². The van der Waals surface area contributed by atoms with Gasteiger partial charge < -0.3 is 4.90 Å². The van der Waals surface area contributed by atoms with Crippen molar-refractivity contribution in [3.63, 3.8) is 0 Å². The smallest absolute Gasteiger partial charge is 0.246 e. The third-order valence-corrected chi connectivity index (χ3v) is 5.28. The maximum atomic E-state index is 12.1. The molecule has 7 heteroatoms. The fraction of sp³-hybridized carbons (Fsp3) is 0.150. The lowest BCUT2D eigenvalue weighted by atomic mass is 10.2. The van der Waals surface area contributed by atoms with E-state index in [0.29, 0.717) is 0 Å². The Bertz CT molecular complexity index is 908. The van der Waals surface area contributed by atoms with E-state index in [1.807, 2.05) is 54.6 Å². The first-order valence-corrected chi connectivity index (χ1v) is 10.6. The van der Waals surface area contributed by atoms with Crippen LogP contribution in [-0.2, 0) is 14.8 Å². The van der Waals surface area contributed by atoms with E-state index >= 15 is 0 Å². The van der Waals surface area contributed by atoms with Crippen molar-refractivity contribution in [1.82, 2.24) is 9.62 Å². The summed E-state index contributed by atoms with van der Waals surface area (Å²) in [5.74, 6) is -0.197. The molecule has 0 aliphatic heterocycles. The van der Waals surface area contributed by atoms with Crippen molar-refractivity contribution in [2.45, 2.75) is 0 Å². The van der Waals surface area contributed by atoms with E-state index in [-0.39, 0.29) is 19.0 Å². The van der Waals surface area contributed by atoms with Crippen LogP contribution in [0, 0.1) is 0 Å². The Morgan fingerprint density at radius 1 is 1.04 bits per heavy atom.